The van der Waals surface area contributed by atoms with Gasteiger partial charge in [-0.25, -0.2) is 0 Å². The number of nitrogens with one attached hydrogen (secondary N) is 1. The summed E-state index contributed by atoms with van der Waals surface area (Å²) in [6.45, 7) is 10.7. The number of ether oxygens (including phenoxy) is 2. The molecule has 4 nitrogen and oxygen atoms in total. The summed E-state index contributed by atoms with van der Waals surface area (Å²) in [5, 5.41) is 3.60. The van der Waals surface area contributed by atoms with Gasteiger partial charge in [-0.1, -0.05) is 0 Å². The third kappa shape index (κ3) is 2.87. The number of hydrogen-bond acceptors (Lipinski definition) is 4. The van der Waals surface area contributed by atoms with Gasteiger partial charge >= 0.3 is 0 Å². The third-order valence-corrected chi connectivity index (χ3v) is 4.51. The summed E-state index contributed by atoms with van der Waals surface area (Å²) in [4.78, 5) is 2.55. The lowest BCUT2D eigenvalue weighted by Crippen LogP contribution is -2.48. The summed E-state index contributed by atoms with van der Waals surface area (Å²) in [7, 11) is 0. The van der Waals surface area contributed by atoms with E-state index in [4.69, 9.17) is 9.47 Å². The van der Waals surface area contributed by atoms with Gasteiger partial charge in [0.15, 0.2) is 0 Å². The van der Waals surface area contributed by atoms with E-state index in [-0.39, 0.29) is 0 Å². The van der Waals surface area contributed by atoms with Crippen LogP contribution in [0.25, 0.3) is 0 Å². The van der Waals surface area contributed by atoms with Gasteiger partial charge in [0.25, 0.3) is 0 Å². The number of likely N-dealkylation sites (tertiary alicyclic amines) is 1. The molecule has 104 valence electrons. The molecule has 0 radical (unpaired) electrons. The molecule has 3 aliphatic rings. The van der Waals surface area contributed by atoms with Gasteiger partial charge in [0.1, 0.15) is 0 Å². The normalized spacial score (nSPS) is 40.7. The number of nitrogens with zero attached hydrogens (tertiary/aromatic N) is 1. The van der Waals surface area contributed by atoms with Crippen molar-refractivity contribution in [2.45, 2.75) is 44.4 Å². The Morgan fingerprint density at radius 3 is 2.44 bits per heavy atom. The lowest BCUT2D eigenvalue weighted by atomic mass is 9.84. The average molecular weight is 254 g/mol. The molecule has 0 bridgehead atoms. The van der Waals surface area contributed by atoms with Gasteiger partial charge in [-0.15, -0.1) is 0 Å². The molecular weight excluding hydrogens is 228 g/mol. The maximum absolute atomic E-state index is 5.78. The highest BCUT2D eigenvalue weighted by atomic mass is 16.6. The fourth-order valence-electron chi connectivity index (χ4n) is 3.72. The lowest BCUT2D eigenvalue weighted by molar-refractivity contribution is -0.116. The second-order valence-electron chi connectivity index (χ2n) is 6.71. The Morgan fingerprint density at radius 2 is 1.83 bits per heavy atom. The summed E-state index contributed by atoms with van der Waals surface area (Å²) in [6, 6.07) is 0. The molecule has 0 aromatic heterocycles. The molecule has 0 saturated carbocycles. The molecule has 1 unspecified atom stereocenters. The second-order valence-corrected chi connectivity index (χ2v) is 6.71. The molecule has 0 aliphatic carbocycles. The Bertz CT molecular complexity index is 282. The molecule has 4 heteroatoms. The first-order valence-electron chi connectivity index (χ1n) is 7.33. The van der Waals surface area contributed by atoms with Crippen molar-refractivity contribution in [1.29, 1.82) is 0 Å². The Balaban J connectivity index is 1.51. The molecule has 18 heavy (non-hydrogen) atoms. The summed E-state index contributed by atoms with van der Waals surface area (Å²) < 4.78 is 11.6. The van der Waals surface area contributed by atoms with Crippen molar-refractivity contribution in [3.05, 3.63) is 0 Å². The minimum absolute atomic E-state index is 0.308. The van der Waals surface area contributed by atoms with Crippen molar-refractivity contribution in [2.75, 3.05) is 39.4 Å². The monoisotopic (exact) mass is 254 g/mol. The standard InChI is InChI=1S/C14H26N2O2/c1-14(2)7-11(3-4-15-14)8-16-9-12-13(10-16)18-6-5-17-12/h11-13,15H,3-10H2,1-2H3/t11?,12-,13+. The van der Waals surface area contributed by atoms with Crippen molar-refractivity contribution >= 4 is 0 Å². The molecule has 0 aromatic rings. The molecule has 3 fully saturated rings. The van der Waals surface area contributed by atoms with Crippen LogP contribution < -0.4 is 5.32 Å². The average Bonchev–Trinajstić information content (AvgIpc) is 2.69. The van der Waals surface area contributed by atoms with Crippen molar-refractivity contribution in [3.63, 3.8) is 0 Å². The quantitative estimate of drug-likeness (QED) is 0.792. The van der Waals surface area contributed by atoms with Crippen LogP contribution in [0.2, 0.25) is 0 Å². The highest BCUT2D eigenvalue weighted by Crippen LogP contribution is 2.27. The summed E-state index contributed by atoms with van der Waals surface area (Å²) >= 11 is 0. The highest BCUT2D eigenvalue weighted by molar-refractivity contribution is 4.92. The number of piperidine rings is 1. The molecule has 3 aliphatic heterocycles. The van der Waals surface area contributed by atoms with E-state index >= 15 is 0 Å². The number of fused-ring (bicyclic) bond motifs is 1. The first-order valence-corrected chi connectivity index (χ1v) is 7.33. The van der Waals surface area contributed by atoms with E-state index in [0.717, 1.165) is 38.8 Å². The molecule has 3 atom stereocenters. The molecular formula is C14H26N2O2. The van der Waals surface area contributed by atoms with Gasteiger partial charge in [-0.05, 0) is 39.2 Å². The Morgan fingerprint density at radius 1 is 1.17 bits per heavy atom. The maximum atomic E-state index is 5.78. The van der Waals surface area contributed by atoms with Gasteiger partial charge in [-0.2, -0.15) is 0 Å². The Kier molecular flexibility index (Phi) is 3.63. The smallest absolute Gasteiger partial charge is 0.0976 e. The van der Waals surface area contributed by atoms with Crippen LogP contribution in [0.1, 0.15) is 26.7 Å². The van der Waals surface area contributed by atoms with Crippen LogP contribution in [-0.4, -0.2) is 62.0 Å². The van der Waals surface area contributed by atoms with Crippen LogP contribution in [0, 0.1) is 5.92 Å². The van der Waals surface area contributed by atoms with E-state index in [1.54, 1.807) is 0 Å². The number of hydrogen-bond donors (Lipinski definition) is 1. The van der Waals surface area contributed by atoms with Gasteiger partial charge < -0.3 is 14.8 Å². The molecule has 3 rings (SSSR count). The van der Waals surface area contributed by atoms with E-state index in [1.807, 2.05) is 0 Å². The van der Waals surface area contributed by atoms with Gasteiger partial charge in [0.2, 0.25) is 0 Å². The second kappa shape index (κ2) is 5.08. The molecule has 3 saturated heterocycles. The third-order valence-electron chi connectivity index (χ3n) is 4.51. The zero-order valence-corrected chi connectivity index (χ0v) is 11.7. The SMILES string of the molecule is CC1(C)CC(CN2C[C@@H]3OCCO[C@@H]3C2)CCN1. The van der Waals surface area contributed by atoms with Crippen molar-refractivity contribution < 1.29 is 9.47 Å². The van der Waals surface area contributed by atoms with Gasteiger partial charge in [0, 0.05) is 25.2 Å². The van der Waals surface area contributed by atoms with Gasteiger partial charge in [-0.3, -0.25) is 4.90 Å². The van der Waals surface area contributed by atoms with E-state index in [9.17, 15) is 0 Å². The zero-order valence-electron chi connectivity index (χ0n) is 11.7. The lowest BCUT2D eigenvalue weighted by Gasteiger charge is -2.38. The zero-order chi connectivity index (χ0) is 12.6. The van der Waals surface area contributed by atoms with Crippen LogP contribution in [0.15, 0.2) is 0 Å². The minimum Gasteiger partial charge on any atom is -0.372 e. The van der Waals surface area contributed by atoms with Crippen molar-refractivity contribution in [3.8, 4) is 0 Å². The summed E-state index contributed by atoms with van der Waals surface area (Å²) in [6.07, 6.45) is 3.24. The van der Waals surface area contributed by atoms with Gasteiger partial charge in [0.05, 0.1) is 25.4 Å². The minimum atomic E-state index is 0.308. The van der Waals surface area contributed by atoms with E-state index in [2.05, 4.69) is 24.1 Å². The molecule has 0 amide bonds. The van der Waals surface area contributed by atoms with E-state index in [0.29, 0.717) is 17.7 Å². The topological polar surface area (TPSA) is 33.7 Å². The molecule has 1 N–H and O–H groups in total. The van der Waals surface area contributed by atoms with Crippen LogP contribution >= 0.6 is 0 Å². The Hall–Kier alpha value is -0.160. The van der Waals surface area contributed by atoms with E-state index < -0.39 is 0 Å². The van der Waals surface area contributed by atoms with Crippen LogP contribution in [0.4, 0.5) is 0 Å². The van der Waals surface area contributed by atoms with Crippen molar-refractivity contribution in [1.82, 2.24) is 10.2 Å². The predicted octanol–water partition coefficient (Wildman–Crippen LogP) is 0.864. The molecule has 3 heterocycles. The van der Waals surface area contributed by atoms with Crippen LogP contribution in [0.3, 0.4) is 0 Å². The summed E-state index contributed by atoms with van der Waals surface area (Å²) in [5.41, 5.74) is 0.308. The molecule has 0 spiro atoms. The first-order chi connectivity index (χ1) is 8.62. The van der Waals surface area contributed by atoms with Crippen LogP contribution in [0.5, 0.6) is 0 Å². The fraction of sp³-hybridized carbons (Fsp3) is 1.00. The van der Waals surface area contributed by atoms with Crippen molar-refractivity contribution in [2.24, 2.45) is 5.92 Å². The first kappa shape index (κ1) is 12.9. The Labute approximate surface area is 110 Å². The molecule has 0 aromatic carbocycles. The maximum Gasteiger partial charge on any atom is 0.0976 e. The van der Waals surface area contributed by atoms with Crippen LogP contribution in [-0.2, 0) is 9.47 Å². The predicted molar refractivity (Wildman–Crippen MR) is 70.7 cm³/mol. The fourth-order valence-corrected chi connectivity index (χ4v) is 3.72. The number of rotatable bonds is 2. The summed E-state index contributed by atoms with van der Waals surface area (Å²) in [5.74, 6) is 0.821. The van der Waals surface area contributed by atoms with E-state index in [1.165, 1.54) is 19.4 Å². The largest absolute Gasteiger partial charge is 0.372 e. The highest BCUT2D eigenvalue weighted by Gasteiger charge is 2.38.